The molecule has 3 rings (SSSR count). The molecular formula is C13H15N3OS. The topological polar surface area (TPSA) is 51.0 Å². The highest BCUT2D eigenvalue weighted by Crippen LogP contribution is 2.20. The van der Waals surface area contributed by atoms with Crippen molar-refractivity contribution in [2.24, 2.45) is 0 Å². The Labute approximate surface area is 110 Å². The summed E-state index contributed by atoms with van der Waals surface area (Å²) in [7, 11) is 0. The van der Waals surface area contributed by atoms with Gasteiger partial charge in [-0.15, -0.1) is 0 Å². The fourth-order valence-electron chi connectivity index (χ4n) is 1.59. The van der Waals surface area contributed by atoms with Gasteiger partial charge in [0.05, 0.1) is 12.0 Å². The third-order valence-corrected chi connectivity index (χ3v) is 3.68. The van der Waals surface area contributed by atoms with Gasteiger partial charge in [0.2, 0.25) is 0 Å². The van der Waals surface area contributed by atoms with Crippen molar-refractivity contribution < 1.29 is 4.42 Å². The summed E-state index contributed by atoms with van der Waals surface area (Å²) in [6.07, 6.45) is 8.08. The van der Waals surface area contributed by atoms with Crippen LogP contribution in [0.15, 0.2) is 40.4 Å². The van der Waals surface area contributed by atoms with Crippen molar-refractivity contribution in [2.45, 2.75) is 36.3 Å². The van der Waals surface area contributed by atoms with Crippen LogP contribution < -0.4 is 5.32 Å². The minimum atomic E-state index is 0.720. The zero-order chi connectivity index (χ0) is 12.2. The molecule has 1 N–H and O–H groups in total. The SMILES string of the molecule is c1coc(CSc2ncc(CNC3CC3)cn2)c1. The summed E-state index contributed by atoms with van der Waals surface area (Å²) in [4.78, 5) is 8.69. The van der Waals surface area contributed by atoms with E-state index in [1.165, 1.54) is 12.8 Å². The summed E-state index contributed by atoms with van der Waals surface area (Å²) >= 11 is 1.59. The average molecular weight is 261 g/mol. The van der Waals surface area contributed by atoms with Gasteiger partial charge in [0.25, 0.3) is 0 Å². The predicted molar refractivity (Wildman–Crippen MR) is 70.2 cm³/mol. The Bertz CT molecular complexity index is 479. The summed E-state index contributed by atoms with van der Waals surface area (Å²) in [5, 5.41) is 4.24. The van der Waals surface area contributed by atoms with Crippen LogP contribution in [0.4, 0.5) is 0 Å². The Morgan fingerprint density at radius 2 is 2.17 bits per heavy atom. The van der Waals surface area contributed by atoms with Crippen LogP contribution in [-0.2, 0) is 12.3 Å². The molecule has 94 valence electrons. The summed E-state index contributed by atoms with van der Waals surface area (Å²) in [5.74, 6) is 1.72. The van der Waals surface area contributed by atoms with Gasteiger partial charge in [0, 0.05) is 30.5 Å². The van der Waals surface area contributed by atoms with Gasteiger partial charge in [0.15, 0.2) is 5.16 Å². The van der Waals surface area contributed by atoms with Crippen molar-refractivity contribution in [1.82, 2.24) is 15.3 Å². The van der Waals surface area contributed by atoms with Gasteiger partial charge in [-0.05, 0) is 25.0 Å². The van der Waals surface area contributed by atoms with Crippen LogP contribution in [0.25, 0.3) is 0 Å². The van der Waals surface area contributed by atoms with E-state index in [1.54, 1.807) is 18.0 Å². The number of nitrogens with zero attached hydrogens (tertiary/aromatic N) is 2. The molecule has 1 aliphatic carbocycles. The van der Waals surface area contributed by atoms with E-state index in [4.69, 9.17) is 4.42 Å². The molecule has 1 saturated carbocycles. The first kappa shape index (κ1) is 11.7. The van der Waals surface area contributed by atoms with E-state index in [2.05, 4.69) is 15.3 Å². The maximum atomic E-state index is 5.26. The fourth-order valence-corrected chi connectivity index (χ4v) is 2.28. The van der Waals surface area contributed by atoms with E-state index in [-0.39, 0.29) is 0 Å². The third-order valence-electron chi connectivity index (χ3n) is 2.78. The molecule has 0 radical (unpaired) electrons. The average Bonchev–Trinajstić information content (AvgIpc) is 3.09. The highest BCUT2D eigenvalue weighted by atomic mass is 32.2. The van der Waals surface area contributed by atoms with Crippen molar-refractivity contribution in [1.29, 1.82) is 0 Å². The van der Waals surface area contributed by atoms with Gasteiger partial charge >= 0.3 is 0 Å². The Kier molecular flexibility index (Phi) is 3.61. The first-order chi connectivity index (χ1) is 8.90. The minimum Gasteiger partial charge on any atom is -0.468 e. The number of rotatable bonds is 6. The van der Waals surface area contributed by atoms with E-state index in [0.29, 0.717) is 0 Å². The molecule has 5 heteroatoms. The molecule has 1 aliphatic rings. The molecule has 2 aromatic rings. The lowest BCUT2D eigenvalue weighted by Crippen LogP contribution is -2.15. The minimum absolute atomic E-state index is 0.720. The number of hydrogen-bond acceptors (Lipinski definition) is 5. The molecule has 0 saturated heterocycles. The summed E-state index contributed by atoms with van der Waals surface area (Å²) in [6.45, 7) is 0.869. The number of nitrogens with one attached hydrogen (secondary N) is 1. The number of hydrogen-bond donors (Lipinski definition) is 1. The lowest BCUT2D eigenvalue weighted by atomic mass is 10.3. The van der Waals surface area contributed by atoms with Crippen molar-refractivity contribution in [3.05, 3.63) is 42.1 Å². The van der Waals surface area contributed by atoms with E-state index in [9.17, 15) is 0 Å². The lowest BCUT2D eigenvalue weighted by molar-refractivity contribution is 0.530. The van der Waals surface area contributed by atoms with Crippen LogP contribution in [0, 0.1) is 0 Å². The number of aromatic nitrogens is 2. The molecule has 4 nitrogen and oxygen atoms in total. The summed E-state index contributed by atoms with van der Waals surface area (Å²) in [5.41, 5.74) is 1.14. The zero-order valence-electron chi connectivity index (χ0n) is 10.0. The van der Waals surface area contributed by atoms with Gasteiger partial charge < -0.3 is 9.73 Å². The maximum Gasteiger partial charge on any atom is 0.187 e. The van der Waals surface area contributed by atoms with Crippen molar-refractivity contribution >= 4 is 11.8 Å². The molecule has 0 atom stereocenters. The Morgan fingerprint density at radius 3 is 2.83 bits per heavy atom. The molecule has 0 aromatic carbocycles. The first-order valence-electron chi connectivity index (χ1n) is 6.09. The van der Waals surface area contributed by atoms with Gasteiger partial charge in [0.1, 0.15) is 5.76 Å². The second-order valence-corrected chi connectivity index (χ2v) is 5.34. The number of thioether (sulfide) groups is 1. The zero-order valence-corrected chi connectivity index (χ0v) is 10.8. The quantitative estimate of drug-likeness (QED) is 0.640. The summed E-state index contributed by atoms with van der Waals surface area (Å²) in [6, 6.07) is 4.57. The number of furan rings is 1. The van der Waals surface area contributed by atoms with Crippen LogP contribution in [0.5, 0.6) is 0 Å². The van der Waals surface area contributed by atoms with Crippen LogP contribution in [0.2, 0.25) is 0 Å². The summed E-state index contributed by atoms with van der Waals surface area (Å²) < 4.78 is 5.26. The van der Waals surface area contributed by atoms with Crippen molar-refractivity contribution in [2.75, 3.05) is 0 Å². The standard InChI is InChI=1S/C13H15N3OS/c1-2-12(17-5-1)9-18-13-15-7-10(8-16-13)6-14-11-3-4-11/h1-2,5,7-8,11,14H,3-4,6,9H2. The fraction of sp³-hybridized carbons (Fsp3) is 0.385. The van der Waals surface area contributed by atoms with Crippen molar-refractivity contribution in [3.63, 3.8) is 0 Å². The molecule has 0 spiro atoms. The van der Waals surface area contributed by atoms with E-state index in [1.807, 2.05) is 24.5 Å². The highest BCUT2D eigenvalue weighted by Gasteiger charge is 2.19. The van der Waals surface area contributed by atoms with Gasteiger partial charge in [-0.1, -0.05) is 11.8 Å². The Morgan fingerprint density at radius 1 is 1.33 bits per heavy atom. The van der Waals surface area contributed by atoms with Gasteiger partial charge in [-0.3, -0.25) is 0 Å². The van der Waals surface area contributed by atoms with Gasteiger partial charge in [-0.2, -0.15) is 0 Å². The molecule has 0 unspecified atom stereocenters. The van der Waals surface area contributed by atoms with Crippen LogP contribution in [0.1, 0.15) is 24.2 Å². The molecule has 0 amide bonds. The third kappa shape index (κ3) is 3.34. The lowest BCUT2D eigenvalue weighted by Gasteiger charge is -2.03. The highest BCUT2D eigenvalue weighted by molar-refractivity contribution is 7.98. The van der Waals surface area contributed by atoms with Gasteiger partial charge in [-0.25, -0.2) is 9.97 Å². The molecule has 0 bridgehead atoms. The van der Waals surface area contributed by atoms with E-state index < -0.39 is 0 Å². The normalized spacial score (nSPS) is 14.9. The maximum absolute atomic E-state index is 5.26. The second kappa shape index (κ2) is 5.54. The van der Waals surface area contributed by atoms with Crippen LogP contribution in [0.3, 0.4) is 0 Å². The van der Waals surface area contributed by atoms with E-state index >= 15 is 0 Å². The van der Waals surface area contributed by atoms with Crippen LogP contribution >= 0.6 is 11.8 Å². The largest absolute Gasteiger partial charge is 0.468 e. The second-order valence-electron chi connectivity index (χ2n) is 4.40. The van der Waals surface area contributed by atoms with Crippen molar-refractivity contribution in [3.8, 4) is 0 Å². The Balaban J connectivity index is 1.50. The van der Waals surface area contributed by atoms with Crippen LogP contribution in [-0.4, -0.2) is 16.0 Å². The molecule has 2 aromatic heterocycles. The smallest absolute Gasteiger partial charge is 0.187 e. The predicted octanol–water partition coefficient (Wildman–Crippen LogP) is 2.61. The monoisotopic (exact) mass is 261 g/mol. The van der Waals surface area contributed by atoms with E-state index in [0.717, 1.165) is 34.8 Å². The Hall–Kier alpha value is -1.33. The molecular weight excluding hydrogens is 246 g/mol. The molecule has 1 fully saturated rings. The first-order valence-corrected chi connectivity index (χ1v) is 7.08. The molecule has 2 heterocycles. The molecule has 18 heavy (non-hydrogen) atoms. The molecule has 0 aliphatic heterocycles.